The van der Waals surface area contributed by atoms with E-state index in [0.717, 1.165) is 0 Å². The molecule has 84 valence electrons. The average Bonchev–Trinajstić information content (AvgIpc) is 2.62. The lowest BCUT2D eigenvalue weighted by Gasteiger charge is -2.02. The summed E-state index contributed by atoms with van der Waals surface area (Å²) >= 11 is 0. The molecule has 0 bridgehead atoms. The molecule has 1 heterocycles. The van der Waals surface area contributed by atoms with E-state index >= 15 is 0 Å². The smallest absolute Gasteiger partial charge is 0.360 e. The number of ether oxygens (including phenoxy) is 1. The van der Waals surface area contributed by atoms with Crippen LogP contribution >= 0.6 is 0 Å². The van der Waals surface area contributed by atoms with Gasteiger partial charge in [0, 0.05) is 6.54 Å². The normalized spacial score (nSPS) is 10.3. The van der Waals surface area contributed by atoms with E-state index in [4.69, 9.17) is 10.5 Å². The number of nitrogens with zero attached hydrogens (tertiary/aromatic N) is 3. The molecule has 0 aliphatic rings. The Morgan fingerprint density at radius 2 is 2.40 bits per heavy atom. The minimum Gasteiger partial charge on any atom is -0.461 e. The number of alkyl halides is 1. The van der Waals surface area contributed by atoms with Crippen molar-refractivity contribution in [3.05, 3.63) is 11.4 Å². The zero-order valence-electron chi connectivity index (χ0n) is 8.44. The third kappa shape index (κ3) is 2.50. The van der Waals surface area contributed by atoms with Gasteiger partial charge in [-0.1, -0.05) is 5.21 Å². The van der Waals surface area contributed by atoms with Crippen LogP contribution in [-0.4, -0.2) is 34.2 Å². The summed E-state index contributed by atoms with van der Waals surface area (Å²) in [6, 6.07) is 0. The molecule has 0 aromatic carbocycles. The maximum Gasteiger partial charge on any atom is 0.360 e. The molecule has 0 radical (unpaired) electrons. The number of rotatable bonds is 5. The number of aromatic nitrogens is 3. The molecule has 1 aromatic rings. The Balaban J connectivity index is 2.92. The van der Waals surface area contributed by atoms with E-state index in [1.165, 1.54) is 4.68 Å². The Morgan fingerprint density at radius 3 is 2.93 bits per heavy atom. The molecule has 0 fully saturated rings. The second-order valence-electron chi connectivity index (χ2n) is 2.72. The van der Waals surface area contributed by atoms with Crippen LogP contribution in [0.15, 0.2) is 0 Å². The summed E-state index contributed by atoms with van der Waals surface area (Å²) in [6.45, 7) is 1.46. The standard InChI is InChI=1S/C8H13FN4O2/c1-2-15-8(14)7-6(5-10)13(4-3-9)12-11-7/h2-5,10H2,1H3. The van der Waals surface area contributed by atoms with Crippen LogP contribution in [0.1, 0.15) is 23.1 Å². The van der Waals surface area contributed by atoms with Gasteiger partial charge in [-0.3, -0.25) is 0 Å². The van der Waals surface area contributed by atoms with E-state index in [1.54, 1.807) is 6.92 Å². The van der Waals surface area contributed by atoms with Crippen LogP contribution in [-0.2, 0) is 17.8 Å². The monoisotopic (exact) mass is 216 g/mol. The third-order valence-electron chi connectivity index (χ3n) is 1.80. The summed E-state index contributed by atoms with van der Waals surface area (Å²) in [5.74, 6) is -0.581. The van der Waals surface area contributed by atoms with Gasteiger partial charge in [0.15, 0.2) is 5.69 Å². The van der Waals surface area contributed by atoms with Crippen molar-refractivity contribution >= 4 is 5.97 Å². The minimum absolute atomic E-state index is 0.0406. The van der Waals surface area contributed by atoms with Crippen LogP contribution in [0.4, 0.5) is 4.39 Å². The van der Waals surface area contributed by atoms with Gasteiger partial charge in [-0.2, -0.15) is 0 Å². The highest BCUT2D eigenvalue weighted by Crippen LogP contribution is 2.06. The van der Waals surface area contributed by atoms with Crippen molar-refractivity contribution in [2.24, 2.45) is 5.73 Å². The van der Waals surface area contributed by atoms with Crippen molar-refractivity contribution in [3.8, 4) is 0 Å². The first-order chi connectivity index (χ1) is 7.24. The molecule has 0 aliphatic carbocycles. The van der Waals surface area contributed by atoms with Gasteiger partial charge in [0.25, 0.3) is 0 Å². The molecule has 6 nitrogen and oxygen atoms in total. The Labute approximate surface area is 86.2 Å². The second kappa shape index (κ2) is 5.40. The first kappa shape index (κ1) is 11.6. The Bertz CT molecular complexity index is 339. The SMILES string of the molecule is CCOC(=O)c1nnn(CCF)c1CN. The summed E-state index contributed by atoms with van der Waals surface area (Å²) in [5, 5.41) is 7.24. The maximum atomic E-state index is 12.1. The number of esters is 1. The van der Waals surface area contributed by atoms with Crippen molar-refractivity contribution in [3.63, 3.8) is 0 Å². The topological polar surface area (TPSA) is 83.0 Å². The van der Waals surface area contributed by atoms with Gasteiger partial charge in [0.1, 0.15) is 6.67 Å². The second-order valence-corrected chi connectivity index (χ2v) is 2.72. The molecule has 7 heteroatoms. The van der Waals surface area contributed by atoms with Gasteiger partial charge in [-0.25, -0.2) is 13.9 Å². The van der Waals surface area contributed by atoms with Crippen molar-refractivity contribution < 1.29 is 13.9 Å². The fourth-order valence-corrected chi connectivity index (χ4v) is 1.15. The van der Waals surface area contributed by atoms with E-state index in [1.807, 2.05) is 0 Å². The Hall–Kier alpha value is -1.50. The van der Waals surface area contributed by atoms with Crippen LogP contribution in [0.3, 0.4) is 0 Å². The van der Waals surface area contributed by atoms with Gasteiger partial charge in [0.05, 0.1) is 18.8 Å². The summed E-state index contributed by atoms with van der Waals surface area (Å²) in [5.41, 5.74) is 5.89. The minimum atomic E-state index is -0.585. The van der Waals surface area contributed by atoms with Gasteiger partial charge >= 0.3 is 5.97 Å². The summed E-state index contributed by atoms with van der Waals surface area (Å²) in [7, 11) is 0. The number of carbonyl (C=O) groups is 1. The molecule has 0 spiro atoms. The van der Waals surface area contributed by atoms with E-state index in [2.05, 4.69) is 10.3 Å². The quantitative estimate of drug-likeness (QED) is 0.694. The molecule has 0 unspecified atom stereocenters. The zero-order valence-corrected chi connectivity index (χ0v) is 8.44. The number of hydrogen-bond donors (Lipinski definition) is 1. The molecule has 2 N–H and O–H groups in total. The van der Waals surface area contributed by atoms with Crippen molar-refractivity contribution in [2.75, 3.05) is 13.3 Å². The van der Waals surface area contributed by atoms with Crippen LogP contribution in [0.2, 0.25) is 0 Å². The number of halogens is 1. The predicted octanol–water partition coefficient (Wildman–Crippen LogP) is -0.117. The van der Waals surface area contributed by atoms with E-state index in [0.29, 0.717) is 5.69 Å². The van der Waals surface area contributed by atoms with Gasteiger partial charge in [0.2, 0.25) is 0 Å². The Kier molecular flexibility index (Phi) is 4.17. The molecule has 0 aliphatic heterocycles. The summed E-state index contributed by atoms with van der Waals surface area (Å²) in [4.78, 5) is 11.4. The summed E-state index contributed by atoms with van der Waals surface area (Å²) < 4.78 is 18.1. The van der Waals surface area contributed by atoms with Gasteiger partial charge in [-0.15, -0.1) is 5.10 Å². The average molecular weight is 216 g/mol. The van der Waals surface area contributed by atoms with E-state index < -0.39 is 12.6 Å². The first-order valence-corrected chi connectivity index (χ1v) is 4.60. The van der Waals surface area contributed by atoms with Crippen LogP contribution in [0, 0.1) is 0 Å². The molecule has 15 heavy (non-hydrogen) atoms. The highest BCUT2D eigenvalue weighted by atomic mass is 19.1. The van der Waals surface area contributed by atoms with Crippen LogP contribution in [0.25, 0.3) is 0 Å². The van der Waals surface area contributed by atoms with Crippen LogP contribution in [0.5, 0.6) is 0 Å². The number of hydrogen-bond acceptors (Lipinski definition) is 5. The predicted molar refractivity (Wildman–Crippen MR) is 49.8 cm³/mol. The largest absolute Gasteiger partial charge is 0.461 e. The Morgan fingerprint density at radius 1 is 1.67 bits per heavy atom. The highest BCUT2D eigenvalue weighted by Gasteiger charge is 2.19. The molecule has 1 aromatic heterocycles. The first-order valence-electron chi connectivity index (χ1n) is 4.60. The molecule has 0 amide bonds. The number of nitrogens with two attached hydrogens (primary N) is 1. The fourth-order valence-electron chi connectivity index (χ4n) is 1.15. The summed E-state index contributed by atoms with van der Waals surface area (Å²) in [6.07, 6.45) is 0. The van der Waals surface area contributed by atoms with E-state index in [9.17, 15) is 9.18 Å². The van der Waals surface area contributed by atoms with Crippen molar-refractivity contribution in [1.82, 2.24) is 15.0 Å². The van der Waals surface area contributed by atoms with E-state index in [-0.39, 0.29) is 25.4 Å². The molecular weight excluding hydrogens is 203 g/mol. The lowest BCUT2D eigenvalue weighted by Crippen LogP contribution is -2.14. The molecular formula is C8H13FN4O2. The van der Waals surface area contributed by atoms with Gasteiger partial charge in [-0.05, 0) is 6.92 Å². The fraction of sp³-hybridized carbons (Fsp3) is 0.625. The molecule has 1 rings (SSSR count). The van der Waals surface area contributed by atoms with Gasteiger partial charge < -0.3 is 10.5 Å². The number of carbonyl (C=O) groups excluding carboxylic acids is 1. The number of aryl methyl sites for hydroxylation is 1. The third-order valence-corrected chi connectivity index (χ3v) is 1.80. The van der Waals surface area contributed by atoms with Crippen molar-refractivity contribution in [2.45, 2.75) is 20.0 Å². The molecule has 0 saturated carbocycles. The molecule has 0 atom stereocenters. The maximum absolute atomic E-state index is 12.1. The van der Waals surface area contributed by atoms with Crippen molar-refractivity contribution in [1.29, 1.82) is 0 Å². The van der Waals surface area contributed by atoms with Crippen LogP contribution < -0.4 is 5.73 Å². The molecule has 0 saturated heterocycles. The lowest BCUT2D eigenvalue weighted by molar-refractivity contribution is 0.0518. The highest BCUT2D eigenvalue weighted by molar-refractivity contribution is 5.88. The zero-order chi connectivity index (χ0) is 11.3. The lowest BCUT2D eigenvalue weighted by atomic mass is 10.3.